The molecule has 1 rings (SSSR count). The average Bonchev–Trinajstić information content (AvgIpc) is 2.26. The Balaban J connectivity index is 2.83. The van der Waals surface area contributed by atoms with Gasteiger partial charge in [0.2, 0.25) is 10.0 Å². The Hall–Kier alpha value is -0.620. The molecule has 1 aromatic rings. The zero-order valence-corrected chi connectivity index (χ0v) is 10.6. The lowest BCUT2D eigenvalue weighted by atomic mass is 10.2. The fourth-order valence-corrected chi connectivity index (χ4v) is 2.71. The van der Waals surface area contributed by atoms with Gasteiger partial charge in [-0.1, -0.05) is 30.7 Å². The first-order valence-corrected chi connectivity index (χ1v) is 6.83. The highest BCUT2D eigenvalue weighted by atomic mass is 35.5. The number of halogens is 1. The molecule has 0 aliphatic rings. The Morgan fingerprint density at radius 2 is 2.06 bits per heavy atom. The Morgan fingerprint density at radius 1 is 1.44 bits per heavy atom. The van der Waals surface area contributed by atoms with Crippen molar-refractivity contribution in [2.24, 2.45) is 5.73 Å². The van der Waals surface area contributed by atoms with Gasteiger partial charge in [0.1, 0.15) is 4.90 Å². The van der Waals surface area contributed by atoms with Gasteiger partial charge in [0.15, 0.2) is 0 Å². The number of nitrogens with one attached hydrogen (secondary N) is 1. The van der Waals surface area contributed by atoms with Gasteiger partial charge in [-0.25, -0.2) is 13.1 Å². The minimum absolute atomic E-state index is 0.0833. The monoisotopic (exact) mass is 262 g/mol. The third-order valence-electron chi connectivity index (χ3n) is 2.19. The Labute approximate surface area is 101 Å². The summed E-state index contributed by atoms with van der Waals surface area (Å²) in [7, 11) is -3.56. The molecule has 0 bridgehead atoms. The molecule has 4 nitrogen and oxygen atoms in total. The standard InChI is InChI=1S/C10H15ClN2O2S/c1-2-8(12)7-13-16(14,15)10-6-4-3-5-9(10)11/h3-6,8,13H,2,7,12H2,1H3. The fraction of sp³-hybridized carbons (Fsp3) is 0.400. The van der Waals surface area contributed by atoms with Crippen molar-refractivity contribution < 1.29 is 8.42 Å². The zero-order valence-electron chi connectivity index (χ0n) is 8.98. The van der Waals surface area contributed by atoms with Crippen molar-refractivity contribution in [1.82, 2.24) is 4.72 Å². The first-order valence-electron chi connectivity index (χ1n) is 4.97. The van der Waals surface area contributed by atoms with E-state index < -0.39 is 10.0 Å². The van der Waals surface area contributed by atoms with Gasteiger partial charge in [0.25, 0.3) is 0 Å². The SMILES string of the molecule is CCC(N)CNS(=O)(=O)c1ccccc1Cl. The number of nitrogens with two attached hydrogens (primary N) is 1. The van der Waals surface area contributed by atoms with Crippen molar-refractivity contribution in [3.05, 3.63) is 29.3 Å². The van der Waals surface area contributed by atoms with E-state index in [0.29, 0.717) is 6.42 Å². The van der Waals surface area contributed by atoms with E-state index in [2.05, 4.69) is 4.72 Å². The van der Waals surface area contributed by atoms with E-state index in [-0.39, 0.29) is 22.5 Å². The second kappa shape index (κ2) is 5.63. The minimum atomic E-state index is -3.56. The van der Waals surface area contributed by atoms with Crippen LogP contribution in [0.5, 0.6) is 0 Å². The molecular weight excluding hydrogens is 248 g/mol. The molecule has 0 radical (unpaired) electrons. The van der Waals surface area contributed by atoms with E-state index in [4.69, 9.17) is 17.3 Å². The maximum absolute atomic E-state index is 11.8. The van der Waals surface area contributed by atoms with Crippen LogP contribution >= 0.6 is 11.6 Å². The van der Waals surface area contributed by atoms with Crippen molar-refractivity contribution in [3.63, 3.8) is 0 Å². The first kappa shape index (κ1) is 13.4. The summed E-state index contributed by atoms with van der Waals surface area (Å²) in [5.41, 5.74) is 5.64. The fourth-order valence-electron chi connectivity index (χ4n) is 1.10. The molecule has 0 fully saturated rings. The van der Waals surface area contributed by atoms with Crippen LogP contribution in [-0.2, 0) is 10.0 Å². The largest absolute Gasteiger partial charge is 0.327 e. The van der Waals surface area contributed by atoms with Crippen LogP contribution in [-0.4, -0.2) is 21.0 Å². The molecule has 0 aliphatic carbocycles. The van der Waals surface area contributed by atoms with Gasteiger partial charge in [-0.05, 0) is 18.6 Å². The summed E-state index contributed by atoms with van der Waals surface area (Å²) in [4.78, 5) is 0.0833. The van der Waals surface area contributed by atoms with Gasteiger partial charge in [0.05, 0.1) is 5.02 Å². The molecule has 0 aromatic heterocycles. The van der Waals surface area contributed by atoms with Crippen molar-refractivity contribution in [1.29, 1.82) is 0 Å². The Bertz CT molecular complexity index is 448. The van der Waals surface area contributed by atoms with Crippen molar-refractivity contribution >= 4 is 21.6 Å². The first-order chi connectivity index (χ1) is 7.47. The maximum atomic E-state index is 11.8. The summed E-state index contributed by atoms with van der Waals surface area (Å²) in [6, 6.07) is 6.12. The summed E-state index contributed by atoms with van der Waals surface area (Å²) in [6.07, 6.45) is 0.713. The highest BCUT2D eigenvalue weighted by Crippen LogP contribution is 2.19. The third-order valence-corrected chi connectivity index (χ3v) is 4.11. The van der Waals surface area contributed by atoms with Gasteiger partial charge in [-0.3, -0.25) is 0 Å². The lowest BCUT2D eigenvalue weighted by molar-refractivity contribution is 0.564. The van der Waals surface area contributed by atoms with Gasteiger partial charge in [0, 0.05) is 12.6 Å². The average molecular weight is 263 g/mol. The van der Waals surface area contributed by atoms with Crippen LogP contribution in [0.3, 0.4) is 0 Å². The second-order valence-electron chi connectivity index (χ2n) is 3.45. The van der Waals surface area contributed by atoms with E-state index in [1.807, 2.05) is 6.92 Å². The smallest absolute Gasteiger partial charge is 0.242 e. The lowest BCUT2D eigenvalue weighted by Gasteiger charge is -2.11. The summed E-state index contributed by atoms with van der Waals surface area (Å²) < 4.78 is 26.1. The quantitative estimate of drug-likeness (QED) is 0.842. The molecule has 0 heterocycles. The lowest BCUT2D eigenvalue weighted by Crippen LogP contribution is -2.36. The Morgan fingerprint density at radius 3 is 2.62 bits per heavy atom. The van der Waals surface area contributed by atoms with E-state index in [1.54, 1.807) is 12.1 Å². The number of rotatable bonds is 5. The van der Waals surface area contributed by atoms with Gasteiger partial charge in [-0.2, -0.15) is 0 Å². The van der Waals surface area contributed by atoms with Crippen LogP contribution in [0.1, 0.15) is 13.3 Å². The molecule has 0 saturated carbocycles. The number of hydrogen-bond acceptors (Lipinski definition) is 3. The summed E-state index contributed by atoms with van der Waals surface area (Å²) in [6.45, 7) is 2.11. The van der Waals surface area contributed by atoms with Gasteiger partial charge in [-0.15, -0.1) is 0 Å². The predicted molar refractivity (Wildman–Crippen MR) is 64.9 cm³/mol. The number of hydrogen-bond donors (Lipinski definition) is 2. The van der Waals surface area contributed by atoms with Crippen LogP contribution in [0.2, 0.25) is 5.02 Å². The van der Waals surface area contributed by atoms with E-state index in [0.717, 1.165) is 0 Å². The molecule has 90 valence electrons. The molecule has 0 spiro atoms. The normalized spacial score (nSPS) is 13.7. The molecule has 1 unspecified atom stereocenters. The van der Waals surface area contributed by atoms with Gasteiger partial charge < -0.3 is 5.73 Å². The van der Waals surface area contributed by atoms with E-state index >= 15 is 0 Å². The molecule has 3 N–H and O–H groups in total. The van der Waals surface area contributed by atoms with Crippen LogP contribution in [0.4, 0.5) is 0 Å². The predicted octanol–water partition coefficient (Wildman–Crippen LogP) is 1.36. The summed E-state index contributed by atoms with van der Waals surface area (Å²) in [5.74, 6) is 0. The molecule has 6 heteroatoms. The molecule has 0 amide bonds. The van der Waals surface area contributed by atoms with Crippen LogP contribution in [0, 0.1) is 0 Å². The van der Waals surface area contributed by atoms with Crippen molar-refractivity contribution in [2.75, 3.05) is 6.54 Å². The minimum Gasteiger partial charge on any atom is -0.327 e. The zero-order chi connectivity index (χ0) is 12.2. The van der Waals surface area contributed by atoms with Crippen molar-refractivity contribution in [3.8, 4) is 0 Å². The maximum Gasteiger partial charge on any atom is 0.242 e. The van der Waals surface area contributed by atoms with Crippen LogP contribution < -0.4 is 10.5 Å². The number of sulfonamides is 1. The van der Waals surface area contributed by atoms with E-state index in [1.165, 1.54) is 12.1 Å². The summed E-state index contributed by atoms with van der Waals surface area (Å²) in [5, 5.41) is 0.208. The van der Waals surface area contributed by atoms with E-state index in [9.17, 15) is 8.42 Å². The van der Waals surface area contributed by atoms with Crippen molar-refractivity contribution in [2.45, 2.75) is 24.3 Å². The molecule has 1 aromatic carbocycles. The highest BCUT2D eigenvalue weighted by Gasteiger charge is 2.17. The third kappa shape index (κ3) is 3.45. The highest BCUT2D eigenvalue weighted by molar-refractivity contribution is 7.89. The molecular formula is C10H15ClN2O2S. The molecule has 0 aliphatic heterocycles. The topological polar surface area (TPSA) is 72.2 Å². The molecule has 1 atom stereocenters. The molecule has 0 saturated heterocycles. The van der Waals surface area contributed by atoms with Crippen LogP contribution in [0.25, 0.3) is 0 Å². The number of benzene rings is 1. The summed E-state index contributed by atoms with van der Waals surface area (Å²) >= 11 is 5.81. The Kier molecular flexibility index (Phi) is 4.73. The van der Waals surface area contributed by atoms with Gasteiger partial charge >= 0.3 is 0 Å². The molecule has 16 heavy (non-hydrogen) atoms. The second-order valence-corrected chi connectivity index (χ2v) is 5.59. The van der Waals surface area contributed by atoms with Crippen LogP contribution in [0.15, 0.2) is 29.2 Å².